The molecule has 0 aliphatic heterocycles. The van der Waals surface area contributed by atoms with E-state index in [9.17, 15) is 0 Å². The second-order valence-corrected chi connectivity index (χ2v) is 6.99. The van der Waals surface area contributed by atoms with Gasteiger partial charge in [0, 0.05) is 16.7 Å². The van der Waals surface area contributed by atoms with E-state index in [2.05, 4.69) is 16.0 Å². The zero-order valence-electron chi connectivity index (χ0n) is 13.9. The van der Waals surface area contributed by atoms with Crippen LogP contribution in [0.15, 0.2) is 46.3 Å². The van der Waals surface area contributed by atoms with Crippen LogP contribution in [-0.2, 0) is 0 Å². The highest BCUT2D eigenvalue weighted by Gasteiger charge is 2.13. The van der Waals surface area contributed by atoms with Crippen molar-refractivity contribution in [2.24, 2.45) is 0 Å². The molecule has 0 saturated carbocycles. The fourth-order valence-corrected chi connectivity index (χ4v) is 3.69. The van der Waals surface area contributed by atoms with Crippen LogP contribution in [0.2, 0.25) is 10.0 Å². The Balaban J connectivity index is 2.01. The van der Waals surface area contributed by atoms with Crippen LogP contribution in [0.1, 0.15) is 0 Å². The molecule has 3 rings (SSSR count). The van der Waals surface area contributed by atoms with Crippen molar-refractivity contribution in [1.29, 1.82) is 0 Å². The number of anilines is 1. The lowest BCUT2D eigenvalue weighted by Crippen LogP contribution is -1.98. The lowest BCUT2D eigenvalue weighted by molar-refractivity contribution is 0.394. The summed E-state index contributed by atoms with van der Waals surface area (Å²) in [6.45, 7) is 0. The van der Waals surface area contributed by atoms with Crippen molar-refractivity contribution >= 4 is 40.9 Å². The Kier molecular flexibility index (Phi) is 5.76. The van der Waals surface area contributed by atoms with Gasteiger partial charge in [-0.05, 0) is 36.4 Å². The molecule has 26 heavy (non-hydrogen) atoms. The van der Waals surface area contributed by atoms with Gasteiger partial charge in [0.2, 0.25) is 5.95 Å². The standard InChI is InChI=1S/C18H14Cl2N3O2S/c1-24-11-4-6-15(25-2)16(8-11)26-17-9-14(22-18(21)23-17)12-5-3-10(19)7-13(12)20/h4-9H,1-2H3,(H2,21,22,23). The number of halogens is 2. The van der Waals surface area contributed by atoms with E-state index >= 15 is 0 Å². The van der Waals surface area contributed by atoms with Gasteiger partial charge in [-0.2, -0.15) is 0 Å². The van der Waals surface area contributed by atoms with Gasteiger partial charge in [-0.15, -0.1) is 0 Å². The number of nitrogens with zero attached hydrogens (tertiary/aromatic N) is 2. The minimum Gasteiger partial charge on any atom is -0.497 e. The Labute approximate surface area is 165 Å². The summed E-state index contributed by atoms with van der Waals surface area (Å²) in [5.74, 6) is 1.55. The summed E-state index contributed by atoms with van der Waals surface area (Å²) in [4.78, 5) is 9.39. The van der Waals surface area contributed by atoms with Gasteiger partial charge in [0.15, 0.2) is 0 Å². The summed E-state index contributed by atoms with van der Waals surface area (Å²) in [6.07, 6.45) is 0. The molecule has 0 aliphatic rings. The van der Waals surface area contributed by atoms with Crippen LogP contribution in [0, 0.1) is 6.07 Å². The van der Waals surface area contributed by atoms with E-state index in [0.717, 1.165) is 4.90 Å². The lowest BCUT2D eigenvalue weighted by Gasteiger charge is -2.11. The predicted octanol–water partition coefficient (Wildman–Crippen LogP) is 5.00. The molecule has 1 radical (unpaired) electrons. The molecule has 8 heteroatoms. The minimum atomic E-state index is 0.137. The lowest BCUT2D eigenvalue weighted by atomic mass is 10.1. The molecule has 3 aromatic rings. The highest BCUT2D eigenvalue weighted by atomic mass is 35.5. The first kappa shape index (κ1) is 18.6. The summed E-state index contributed by atoms with van der Waals surface area (Å²) < 4.78 is 10.7. The first-order valence-corrected chi connectivity index (χ1v) is 8.99. The first-order valence-electron chi connectivity index (χ1n) is 7.41. The van der Waals surface area contributed by atoms with Gasteiger partial charge in [-0.1, -0.05) is 35.0 Å². The average Bonchev–Trinajstić information content (AvgIpc) is 2.61. The Morgan fingerprint density at radius 3 is 2.58 bits per heavy atom. The molecule has 0 amide bonds. The van der Waals surface area contributed by atoms with Gasteiger partial charge in [-0.25, -0.2) is 9.97 Å². The van der Waals surface area contributed by atoms with E-state index < -0.39 is 0 Å². The molecule has 2 N–H and O–H groups in total. The van der Waals surface area contributed by atoms with E-state index in [4.69, 9.17) is 38.4 Å². The van der Waals surface area contributed by atoms with Gasteiger partial charge in [-0.3, -0.25) is 0 Å². The molecule has 1 aromatic heterocycles. The van der Waals surface area contributed by atoms with Crippen molar-refractivity contribution in [3.05, 3.63) is 52.5 Å². The van der Waals surface area contributed by atoms with Crippen LogP contribution in [0.5, 0.6) is 11.5 Å². The van der Waals surface area contributed by atoms with Crippen molar-refractivity contribution < 1.29 is 9.47 Å². The van der Waals surface area contributed by atoms with Gasteiger partial charge in [0.05, 0.1) is 29.8 Å². The van der Waals surface area contributed by atoms with E-state index in [-0.39, 0.29) is 5.95 Å². The minimum absolute atomic E-state index is 0.137. The van der Waals surface area contributed by atoms with E-state index in [1.807, 2.05) is 18.2 Å². The van der Waals surface area contributed by atoms with Crippen LogP contribution in [0.3, 0.4) is 0 Å². The molecular weight excluding hydrogens is 393 g/mol. The number of nitrogens with two attached hydrogens (primary N) is 1. The Bertz CT molecular complexity index is 954. The summed E-state index contributed by atoms with van der Waals surface area (Å²) >= 11 is 13.6. The van der Waals surface area contributed by atoms with Crippen molar-refractivity contribution in [2.45, 2.75) is 9.92 Å². The zero-order chi connectivity index (χ0) is 18.7. The Morgan fingerprint density at radius 1 is 1.08 bits per heavy atom. The normalized spacial score (nSPS) is 10.6. The molecule has 133 valence electrons. The second-order valence-electron chi connectivity index (χ2n) is 5.11. The number of hydrogen-bond acceptors (Lipinski definition) is 6. The quantitative estimate of drug-likeness (QED) is 0.601. The number of nitrogen functional groups attached to an aromatic ring is 1. The number of rotatable bonds is 5. The highest BCUT2D eigenvalue weighted by molar-refractivity contribution is 7.99. The SMILES string of the molecule is COc1ccc(OC)c(Sc2cc(-c3c[c]c(Cl)cc3Cl)nc(N)n2)c1. The maximum Gasteiger partial charge on any atom is 0.221 e. The van der Waals surface area contributed by atoms with Gasteiger partial charge < -0.3 is 15.2 Å². The molecule has 2 aromatic carbocycles. The summed E-state index contributed by atoms with van der Waals surface area (Å²) in [5, 5.41) is 1.53. The fourth-order valence-electron chi connectivity index (χ4n) is 2.25. The number of aromatic nitrogens is 2. The number of ether oxygens (including phenoxy) is 2. The topological polar surface area (TPSA) is 70.3 Å². The van der Waals surface area contributed by atoms with Crippen LogP contribution >= 0.6 is 35.0 Å². The van der Waals surface area contributed by atoms with Crippen LogP contribution < -0.4 is 15.2 Å². The summed E-state index contributed by atoms with van der Waals surface area (Å²) in [6, 6.07) is 13.5. The van der Waals surface area contributed by atoms with Gasteiger partial charge in [0.1, 0.15) is 16.5 Å². The smallest absolute Gasteiger partial charge is 0.221 e. The highest BCUT2D eigenvalue weighted by Crippen LogP contribution is 2.38. The summed E-state index contributed by atoms with van der Waals surface area (Å²) in [7, 11) is 3.21. The molecule has 0 bridgehead atoms. The van der Waals surface area contributed by atoms with Crippen molar-refractivity contribution in [1.82, 2.24) is 9.97 Å². The zero-order valence-corrected chi connectivity index (χ0v) is 16.2. The molecule has 0 fully saturated rings. The average molecular weight is 407 g/mol. The van der Waals surface area contributed by atoms with Crippen LogP contribution in [0.4, 0.5) is 5.95 Å². The molecule has 0 saturated heterocycles. The van der Waals surface area contributed by atoms with E-state index in [1.165, 1.54) is 11.8 Å². The second kappa shape index (κ2) is 8.03. The van der Waals surface area contributed by atoms with Gasteiger partial charge >= 0.3 is 0 Å². The molecule has 0 unspecified atom stereocenters. The number of benzene rings is 2. The fraction of sp³-hybridized carbons (Fsp3) is 0.111. The van der Waals surface area contributed by atoms with Crippen molar-refractivity contribution in [3.8, 4) is 22.8 Å². The predicted molar refractivity (Wildman–Crippen MR) is 104 cm³/mol. The molecular formula is C18H14Cl2N3O2S. The summed E-state index contributed by atoms with van der Waals surface area (Å²) in [5.41, 5.74) is 7.14. The van der Waals surface area contributed by atoms with Crippen LogP contribution in [-0.4, -0.2) is 24.2 Å². The maximum absolute atomic E-state index is 6.27. The molecule has 5 nitrogen and oxygen atoms in total. The van der Waals surface area contributed by atoms with Gasteiger partial charge in [0.25, 0.3) is 0 Å². The maximum atomic E-state index is 6.27. The molecule has 1 heterocycles. The monoisotopic (exact) mass is 406 g/mol. The third-order valence-corrected chi connectivity index (χ3v) is 4.93. The van der Waals surface area contributed by atoms with Crippen molar-refractivity contribution in [2.75, 3.05) is 20.0 Å². The van der Waals surface area contributed by atoms with Crippen LogP contribution in [0.25, 0.3) is 11.3 Å². The molecule has 0 spiro atoms. The third-order valence-electron chi connectivity index (χ3n) is 3.45. The largest absolute Gasteiger partial charge is 0.497 e. The number of methoxy groups -OCH3 is 2. The van der Waals surface area contributed by atoms with E-state index in [1.54, 1.807) is 32.4 Å². The Hall–Kier alpha value is -2.15. The molecule has 0 atom stereocenters. The molecule has 0 aliphatic carbocycles. The Morgan fingerprint density at radius 2 is 1.88 bits per heavy atom. The first-order chi connectivity index (χ1) is 12.5. The van der Waals surface area contributed by atoms with E-state index in [0.29, 0.717) is 37.8 Å². The van der Waals surface area contributed by atoms with Crippen molar-refractivity contribution in [3.63, 3.8) is 0 Å². The third kappa shape index (κ3) is 4.15. The number of hydrogen-bond donors (Lipinski definition) is 1.